The van der Waals surface area contributed by atoms with Gasteiger partial charge >= 0.3 is 5.97 Å². The van der Waals surface area contributed by atoms with Crippen LogP contribution in [0.4, 0.5) is 0 Å². The minimum atomic E-state index is -0.915. The maximum Gasteiger partial charge on any atom is 0.326 e. The summed E-state index contributed by atoms with van der Waals surface area (Å²) >= 11 is 0. The van der Waals surface area contributed by atoms with E-state index in [0.717, 1.165) is 19.3 Å². The molecule has 1 heterocycles. The van der Waals surface area contributed by atoms with Crippen molar-refractivity contribution in [3.63, 3.8) is 0 Å². The van der Waals surface area contributed by atoms with Gasteiger partial charge in [0, 0.05) is 6.54 Å². The first-order chi connectivity index (χ1) is 8.43. The Balaban J connectivity index is 2.75. The van der Waals surface area contributed by atoms with Crippen LogP contribution in [0, 0.1) is 5.92 Å². The predicted octanol–water partition coefficient (Wildman–Crippen LogP) is 1.22. The summed E-state index contributed by atoms with van der Waals surface area (Å²) in [5.74, 6) is -0.792. The molecule has 3 N–H and O–H groups in total. The standard InChI is InChI=1S/C13H24N2O3/c1-9(2)8-10(14)12(16)15-7-5-3-4-6-11(15)13(17)18/h9-11H,3-8,14H2,1-2H3,(H,17,18)/t10-,11?/m0/s1. The summed E-state index contributed by atoms with van der Waals surface area (Å²) in [6, 6.07) is -1.27. The van der Waals surface area contributed by atoms with E-state index in [4.69, 9.17) is 5.73 Å². The Labute approximate surface area is 108 Å². The number of rotatable bonds is 4. The summed E-state index contributed by atoms with van der Waals surface area (Å²) < 4.78 is 0. The van der Waals surface area contributed by atoms with E-state index in [2.05, 4.69) is 0 Å². The SMILES string of the molecule is CC(C)C[C@H](N)C(=O)N1CCCCCC1C(=O)O. The third-order valence-electron chi connectivity index (χ3n) is 3.36. The molecule has 1 amide bonds. The maximum atomic E-state index is 12.2. The molecule has 0 aromatic heterocycles. The summed E-state index contributed by atoms with van der Waals surface area (Å²) in [4.78, 5) is 24.9. The Kier molecular flexibility index (Phi) is 5.59. The smallest absolute Gasteiger partial charge is 0.326 e. The molecule has 1 aliphatic heterocycles. The highest BCUT2D eigenvalue weighted by Crippen LogP contribution is 2.19. The van der Waals surface area contributed by atoms with Gasteiger partial charge in [-0.2, -0.15) is 0 Å². The van der Waals surface area contributed by atoms with E-state index < -0.39 is 18.1 Å². The fraction of sp³-hybridized carbons (Fsp3) is 0.846. The van der Waals surface area contributed by atoms with Crippen molar-refractivity contribution >= 4 is 11.9 Å². The molecule has 5 nitrogen and oxygen atoms in total. The molecule has 0 aromatic rings. The van der Waals surface area contributed by atoms with Crippen LogP contribution in [-0.2, 0) is 9.59 Å². The molecule has 0 radical (unpaired) electrons. The lowest BCUT2D eigenvalue weighted by Gasteiger charge is -2.29. The van der Waals surface area contributed by atoms with Gasteiger partial charge < -0.3 is 15.7 Å². The lowest BCUT2D eigenvalue weighted by atomic mass is 10.0. The zero-order valence-electron chi connectivity index (χ0n) is 11.3. The van der Waals surface area contributed by atoms with Crippen LogP contribution >= 0.6 is 0 Å². The van der Waals surface area contributed by atoms with Gasteiger partial charge in [0.2, 0.25) is 5.91 Å². The first-order valence-corrected chi connectivity index (χ1v) is 6.72. The van der Waals surface area contributed by atoms with Crippen LogP contribution in [0.25, 0.3) is 0 Å². The van der Waals surface area contributed by atoms with Crippen molar-refractivity contribution in [1.29, 1.82) is 0 Å². The van der Waals surface area contributed by atoms with Gasteiger partial charge in [0.15, 0.2) is 0 Å². The average molecular weight is 256 g/mol. The fourth-order valence-corrected chi connectivity index (χ4v) is 2.45. The van der Waals surface area contributed by atoms with Gasteiger partial charge in [-0.25, -0.2) is 4.79 Å². The molecule has 5 heteroatoms. The zero-order valence-corrected chi connectivity index (χ0v) is 11.3. The summed E-state index contributed by atoms with van der Waals surface area (Å²) in [6.45, 7) is 4.52. The summed E-state index contributed by atoms with van der Waals surface area (Å²) in [5.41, 5.74) is 5.88. The quantitative estimate of drug-likeness (QED) is 0.792. The molecule has 0 spiro atoms. The summed E-state index contributed by atoms with van der Waals surface area (Å²) in [6.07, 6.45) is 3.84. The van der Waals surface area contributed by atoms with Crippen LogP contribution in [0.15, 0.2) is 0 Å². The van der Waals surface area contributed by atoms with E-state index in [9.17, 15) is 14.7 Å². The van der Waals surface area contributed by atoms with Gasteiger partial charge in [-0.15, -0.1) is 0 Å². The van der Waals surface area contributed by atoms with Crippen LogP contribution in [0.1, 0.15) is 46.0 Å². The third kappa shape index (κ3) is 3.98. The van der Waals surface area contributed by atoms with Crippen molar-refractivity contribution in [1.82, 2.24) is 4.90 Å². The van der Waals surface area contributed by atoms with Crippen molar-refractivity contribution in [2.75, 3.05) is 6.54 Å². The van der Waals surface area contributed by atoms with Crippen molar-refractivity contribution in [3.8, 4) is 0 Å². The molecule has 1 rings (SSSR count). The van der Waals surface area contributed by atoms with Crippen LogP contribution in [0.2, 0.25) is 0 Å². The first kappa shape index (κ1) is 15.0. The molecule has 2 atom stereocenters. The molecule has 0 aromatic carbocycles. The molecule has 104 valence electrons. The summed E-state index contributed by atoms with van der Waals surface area (Å²) in [7, 11) is 0. The lowest BCUT2D eigenvalue weighted by Crippen LogP contribution is -2.51. The molecule has 18 heavy (non-hydrogen) atoms. The number of carboxylic acids is 1. The Morgan fingerprint density at radius 2 is 2.00 bits per heavy atom. The normalized spacial score (nSPS) is 22.7. The molecule has 1 aliphatic rings. The number of nitrogens with two attached hydrogens (primary N) is 1. The number of carbonyl (C=O) groups excluding carboxylic acids is 1. The Morgan fingerprint density at radius 1 is 1.33 bits per heavy atom. The summed E-state index contributed by atoms with van der Waals surface area (Å²) in [5, 5.41) is 9.21. The van der Waals surface area contributed by atoms with Crippen molar-refractivity contribution in [2.24, 2.45) is 11.7 Å². The minimum absolute atomic E-state index is 0.210. The molecule has 1 unspecified atom stereocenters. The number of carboxylic acid groups (broad SMARTS) is 1. The minimum Gasteiger partial charge on any atom is -0.480 e. The van der Waals surface area contributed by atoms with E-state index in [1.807, 2.05) is 13.8 Å². The molecular weight excluding hydrogens is 232 g/mol. The molecule has 0 bridgehead atoms. The van der Waals surface area contributed by atoms with Gasteiger partial charge in [-0.05, 0) is 25.2 Å². The molecule has 0 aliphatic carbocycles. The monoisotopic (exact) mass is 256 g/mol. The molecule has 0 saturated carbocycles. The van der Waals surface area contributed by atoms with E-state index in [1.165, 1.54) is 4.90 Å². The first-order valence-electron chi connectivity index (χ1n) is 6.72. The van der Waals surface area contributed by atoms with Crippen LogP contribution in [0.3, 0.4) is 0 Å². The second kappa shape index (κ2) is 6.73. The number of aliphatic carboxylic acids is 1. The predicted molar refractivity (Wildman–Crippen MR) is 69.0 cm³/mol. The second-order valence-corrected chi connectivity index (χ2v) is 5.47. The van der Waals surface area contributed by atoms with E-state index in [1.54, 1.807) is 0 Å². The highest BCUT2D eigenvalue weighted by molar-refractivity contribution is 5.87. The molecule has 1 fully saturated rings. The van der Waals surface area contributed by atoms with Crippen molar-refractivity contribution < 1.29 is 14.7 Å². The zero-order chi connectivity index (χ0) is 13.7. The third-order valence-corrected chi connectivity index (χ3v) is 3.36. The van der Waals surface area contributed by atoms with Crippen LogP contribution < -0.4 is 5.73 Å². The van der Waals surface area contributed by atoms with Gasteiger partial charge in [-0.3, -0.25) is 4.79 Å². The Morgan fingerprint density at radius 3 is 2.56 bits per heavy atom. The Hall–Kier alpha value is -1.10. The van der Waals surface area contributed by atoms with Crippen LogP contribution in [0.5, 0.6) is 0 Å². The Bertz CT molecular complexity index is 305. The van der Waals surface area contributed by atoms with Crippen LogP contribution in [-0.4, -0.2) is 40.5 Å². The number of nitrogens with zero attached hydrogens (tertiary/aromatic N) is 1. The van der Waals surface area contributed by atoms with E-state index in [-0.39, 0.29) is 5.91 Å². The number of likely N-dealkylation sites (tertiary alicyclic amines) is 1. The molecular formula is C13H24N2O3. The number of hydrogen-bond acceptors (Lipinski definition) is 3. The highest BCUT2D eigenvalue weighted by Gasteiger charge is 2.33. The van der Waals surface area contributed by atoms with Gasteiger partial charge in [0.1, 0.15) is 6.04 Å². The van der Waals surface area contributed by atoms with Gasteiger partial charge in [-0.1, -0.05) is 26.7 Å². The maximum absolute atomic E-state index is 12.2. The largest absolute Gasteiger partial charge is 0.480 e. The second-order valence-electron chi connectivity index (χ2n) is 5.47. The van der Waals surface area contributed by atoms with Gasteiger partial charge in [0.05, 0.1) is 6.04 Å². The highest BCUT2D eigenvalue weighted by atomic mass is 16.4. The average Bonchev–Trinajstić information content (AvgIpc) is 2.52. The topological polar surface area (TPSA) is 83.6 Å². The van der Waals surface area contributed by atoms with Crippen molar-refractivity contribution in [3.05, 3.63) is 0 Å². The number of hydrogen-bond donors (Lipinski definition) is 2. The number of amides is 1. The van der Waals surface area contributed by atoms with E-state index >= 15 is 0 Å². The van der Waals surface area contributed by atoms with Gasteiger partial charge in [0.25, 0.3) is 0 Å². The molecule has 1 saturated heterocycles. The fourth-order valence-electron chi connectivity index (χ4n) is 2.45. The van der Waals surface area contributed by atoms with Crippen molar-refractivity contribution in [2.45, 2.75) is 58.0 Å². The van der Waals surface area contributed by atoms with E-state index in [0.29, 0.717) is 25.3 Å². The lowest BCUT2D eigenvalue weighted by molar-refractivity contribution is -0.150. The number of carbonyl (C=O) groups is 2.